The van der Waals surface area contributed by atoms with E-state index in [1.54, 1.807) is 21.9 Å². The van der Waals surface area contributed by atoms with Crippen LogP contribution in [0.1, 0.15) is 91.5 Å². The van der Waals surface area contributed by atoms with Crippen molar-refractivity contribution in [2.75, 3.05) is 32.8 Å². The zero-order chi connectivity index (χ0) is 31.6. The summed E-state index contributed by atoms with van der Waals surface area (Å²) in [6.45, 7) is 14.5. The molecule has 2 amide bonds. The third kappa shape index (κ3) is 7.73. The fourth-order valence-corrected chi connectivity index (χ4v) is 6.38. The first kappa shape index (κ1) is 32.4. The van der Waals surface area contributed by atoms with Gasteiger partial charge in [-0.05, 0) is 80.1 Å². The normalized spacial score (nSPS) is 19.4. The van der Waals surface area contributed by atoms with Crippen LogP contribution in [0.15, 0.2) is 21.7 Å². The van der Waals surface area contributed by atoms with Gasteiger partial charge < -0.3 is 29.5 Å². The molecule has 0 aliphatic carbocycles. The monoisotopic (exact) mass is 604 g/mol. The van der Waals surface area contributed by atoms with E-state index in [0.29, 0.717) is 45.4 Å². The number of ether oxygens (including phenoxy) is 2. The average molecular weight is 605 g/mol. The van der Waals surface area contributed by atoms with Crippen LogP contribution in [-0.4, -0.2) is 91.1 Å². The lowest BCUT2D eigenvalue weighted by Gasteiger charge is -2.41. The van der Waals surface area contributed by atoms with Crippen molar-refractivity contribution in [2.45, 2.75) is 109 Å². The number of aliphatic hydroxyl groups is 1. The Labute approximate surface area is 251 Å². The molecule has 3 aliphatic rings. The summed E-state index contributed by atoms with van der Waals surface area (Å²) in [4.78, 5) is 50.6. The van der Waals surface area contributed by atoms with Gasteiger partial charge in [-0.25, -0.2) is 9.59 Å². The molecule has 240 valence electrons. The molecule has 0 saturated carbocycles. The molecule has 2 aromatic rings. The van der Waals surface area contributed by atoms with Crippen LogP contribution in [0.2, 0.25) is 0 Å². The topological polar surface area (TPSA) is 166 Å². The number of fused-ring (bicyclic) bond motifs is 2. The van der Waals surface area contributed by atoms with Gasteiger partial charge in [0.15, 0.2) is 0 Å². The van der Waals surface area contributed by atoms with Gasteiger partial charge in [-0.1, -0.05) is 0 Å². The van der Waals surface area contributed by atoms with Gasteiger partial charge in [0.1, 0.15) is 11.2 Å². The highest BCUT2D eigenvalue weighted by atomic mass is 16.6. The number of hydrogen-bond donors (Lipinski definition) is 4. The summed E-state index contributed by atoms with van der Waals surface area (Å²) in [6, 6.07) is 3.26. The number of H-pyrrole nitrogens is 3. The Morgan fingerprint density at radius 2 is 1.30 bits per heavy atom. The Balaban J connectivity index is 0.000000197. The Morgan fingerprint density at radius 3 is 1.77 bits per heavy atom. The lowest BCUT2D eigenvalue weighted by atomic mass is 9.73. The standard InChI is InChI=1S/C15H25N3O4.C15H23N3O3/c1-14(2,3)22-13(21)18-7-4-15(5-8-18,6-9-19)11-10-12(20)17-16-11;1-14(2,3)21-13(20)17-7-4-15(5-8-17)6-9-18-11(15)10-12(19)16-18/h10,19H,4-9H2,1-3H3,(H2,16,17,20);10H,4-9H2,1-3H3,(H,16,19). The first-order valence-corrected chi connectivity index (χ1v) is 15.2. The van der Waals surface area contributed by atoms with E-state index in [1.807, 2.05) is 46.2 Å². The maximum Gasteiger partial charge on any atom is 0.410 e. The number of carbonyl (C=O) groups is 2. The number of aromatic amines is 3. The van der Waals surface area contributed by atoms with Gasteiger partial charge in [0.25, 0.3) is 11.1 Å². The van der Waals surface area contributed by atoms with Crippen LogP contribution in [0.3, 0.4) is 0 Å². The molecule has 1 spiro atoms. The highest BCUT2D eigenvalue weighted by molar-refractivity contribution is 5.68. The van der Waals surface area contributed by atoms with E-state index in [0.717, 1.165) is 37.2 Å². The molecule has 0 bridgehead atoms. The number of carbonyl (C=O) groups excluding carboxylic acids is 2. The number of nitrogens with one attached hydrogen (secondary N) is 3. The molecule has 13 heteroatoms. The van der Waals surface area contributed by atoms with Crippen LogP contribution >= 0.6 is 0 Å². The van der Waals surface area contributed by atoms with Crippen LogP contribution in [0, 0.1) is 0 Å². The smallest absolute Gasteiger partial charge is 0.410 e. The second-order valence-corrected chi connectivity index (χ2v) is 14.0. The number of piperidine rings is 2. The molecule has 4 N–H and O–H groups in total. The molecule has 43 heavy (non-hydrogen) atoms. The van der Waals surface area contributed by atoms with Gasteiger partial charge in [-0.2, -0.15) is 0 Å². The van der Waals surface area contributed by atoms with Gasteiger partial charge in [0, 0.05) is 73.7 Å². The first-order valence-electron chi connectivity index (χ1n) is 15.2. The van der Waals surface area contributed by atoms with Crippen molar-refractivity contribution in [3.05, 3.63) is 44.2 Å². The third-order valence-corrected chi connectivity index (χ3v) is 8.66. The van der Waals surface area contributed by atoms with Crippen LogP contribution in [0.5, 0.6) is 0 Å². The summed E-state index contributed by atoms with van der Waals surface area (Å²) in [6.07, 6.45) is 4.20. The number of aliphatic hydroxyl groups excluding tert-OH is 1. The van der Waals surface area contributed by atoms with Crippen molar-refractivity contribution in [3.8, 4) is 0 Å². The minimum absolute atomic E-state index is 0.0290. The van der Waals surface area contributed by atoms with E-state index in [9.17, 15) is 24.3 Å². The summed E-state index contributed by atoms with van der Waals surface area (Å²) in [5.41, 5.74) is 0.486. The predicted molar refractivity (Wildman–Crippen MR) is 160 cm³/mol. The van der Waals surface area contributed by atoms with Crippen LogP contribution in [0.4, 0.5) is 9.59 Å². The number of hydrogen-bond acceptors (Lipinski definition) is 7. The molecule has 5 heterocycles. The van der Waals surface area contributed by atoms with Crippen LogP contribution in [-0.2, 0) is 26.8 Å². The fourth-order valence-electron chi connectivity index (χ4n) is 6.38. The van der Waals surface area contributed by atoms with Crippen LogP contribution in [0.25, 0.3) is 0 Å². The van der Waals surface area contributed by atoms with Crippen molar-refractivity contribution < 1.29 is 24.2 Å². The summed E-state index contributed by atoms with van der Waals surface area (Å²) in [5, 5.41) is 17.7. The molecule has 2 fully saturated rings. The van der Waals surface area contributed by atoms with E-state index in [2.05, 4.69) is 15.3 Å². The largest absolute Gasteiger partial charge is 0.444 e. The number of rotatable bonds is 3. The number of nitrogens with zero attached hydrogens (tertiary/aromatic N) is 3. The zero-order valence-electron chi connectivity index (χ0n) is 26.4. The lowest BCUT2D eigenvalue weighted by Crippen LogP contribution is -2.47. The van der Waals surface area contributed by atoms with Gasteiger partial charge in [-0.15, -0.1) is 0 Å². The molecular weight excluding hydrogens is 556 g/mol. The molecule has 2 aromatic heterocycles. The van der Waals surface area contributed by atoms with Crippen molar-refractivity contribution in [2.24, 2.45) is 0 Å². The van der Waals surface area contributed by atoms with Gasteiger partial charge in [-0.3, -0.25) is 24.5 Å². The van der Waals surface area contributed by atoms with Crippen molar-refractivity contribution in [3.63, 3.8) is 0 Å². The molecule has 13 nitrogen and oxygen atoms in total. The Bertz CT molecular complexity index is 1370. The van der Waals surface area contributed by atoms with Crippen molar-refractivity contribution in [1.82, 2.24) is 29.8 Å². The molecule has 5 rings (SSSR count). The highest BCUT2D eigenvalue weighted by Gasteiger charge is 2.44. The van der Waals surface area contributed by atoms with Crippen molar-refractivity contribution in [1.29, 1.82) is 0 Å². The maximum absolute atomic E-state index is 12.1. The fraction of sp³-hybridized carbons (Fsp3) is 0.733. The van der Waals surface area contributed by atoms with E-state index in [4.69, 9.17) is 9.47 Å². The van der Waals surface area contributed by atoms with E-state index < -0.39 is 11.2 Å². The summed E-state index contributed by atoms with van der Waals surface area (Å²) >= 11 is 0. The highest BCUT2D eigenvalue weighted by Crippen LogP contribution is 2.42. The number of aromatic nitrogens is 4. The molecule has 0 unspecified atom stereocenters. The molecular formula is C30H48N6O7. The Hall–Kier alpha value is -3.48. The quantitative estimate of drug-likeness (QED) is 0.418. The van der Waals surface area contributed by atoms with Gasteiger partial charge in [0.2, 0.25) is 0 Å². The third-order valence-electron chi connectivity index (χ3n) is 8.66. The van der Waals surface area contributed by atoms with Crippen LogP contribution < -0.4 is 11.1 Å². The number of likely N-dealkylation sites (tertiary alicyclic amines) is 2. The minimum atomic E-state index is -0.511. The predicted octanol–water partition coefficient (Wildman–Crippen LogP) is 3.20. The average Bonchev–Trinajstić information content (AvgIpc) is 3.60. The minimum Gasteiger partial charge on any atom is -0.444 e. The van der Waals surface area contributed by atoms with E-state index in [-0.39, 0.29) is 40.7 Å². The first-order chi connectivity index (χ1) is 20.0. The molecule has 0 aromatic carbocycles. The second kappa shape index (κ2) is 12.3. The van der Waals surface area contributed by atoms with E-state index >= 15 is 0 Å². The molecule has 3 aliphatic heterocycles. The summed E-state index contributed by atoms with van der Waals surface area (Å²) < 4.78 is 12.8. The lowest BCUT2D eigenvalue weighted by molar-refractivity contribution is 0.0142. The molecule has 0 atom stereocenters. The van der Waals surface area contributed by atoms with Crippen molar-refractivity contribution >= 4 is 12.2 Å². The Morgan fingerprint density at radius 1 is 0.791 bits per heavy atom. The maximum atomic E-state index is 12.1. The summed E-state index contributed by atoms with van der Waals surface area (Å²) in [7, 11) is 0. The second-order valence-electron chi connectivity index (χ2n) is 14.0. The number of aryl methyl sites for hydroxylation is 1. The zero-order valence-corrected chi connectivity index (χ0v) is 26.4. The van der Waals surface area contributed by atoms with Gasteiger partial charge >= 0.3 is 12.2 Å². The molecule has 0 radical (unpaired) electrons. The number of amides is 2. The SMILES string of the molecule is CC(C)(C)OC(=O)N1CCC(CCO)(c2cc(=O)[nH][nH]2)CC1.CC(C)(C)OC(=O)N1CCC2(CC1)CCn1[nH]c(=O)cc12. The Kier molecular flexibility index (Phi) is 9.24. The summed E-state index contributed by atoms with van der Waals surface area (Å²) in [5.74, 6) is 0. The van der Waals surface area contributed by atoms with E-state index in [1.165, 1.54) is 0 Å². The molecule has 2 saturated heterocycles. The van der Waals surface area contributed by atoms with Gasteiger partial charge in [0.05, 0.1) is 0 Å².